The first-order valence-corrected chi connectivity index (χ1v) is 8.53. The Morgan fingerprint density at radius 3 is 2.36 bits per heavy atom. The van der Waals surface area contributed by atoms with Gasteiger partial charge in [0.05, 0.1) is 10.6 Å². The predicted octanol–water partition coefficient (Wildman–Crippen LogP) is 1.91. The zero-order valence-electron chi connectivity index (χ0n) is 12.8. The first kappa shape index (κ1) is 16.4. The van der Waals surface area contributed by atoms with E-state index in [1.54, 1.807) is 39.0 Å². The molecule has 0 spiro atoms. The molecule has 6 nitrogen and oxygen atoms in total. The molecule has 0 aliphatic rings. The minimum Gasteiger partial charge on any atom is -0.297 e. The second-order valence-electron chi connectivity index (χ2n) is 6.10. The summed E-state index contributed by atoms with van der Waals surface area (Å²) in [5.41, 5.74) is -0.678. The second kappa shape index (κ2) is 6.00. The minimum absolute atomic E-state index is 0.196. The molecule has 2 aromatic rings. The van der Waals surface area contributed by atoms with Gasteiger partial charge >= 0.3 is 0 Å². The minimum atomic E-state index is -3.60. The van der Waals surface area contributed by atoms with Crippen LogP contribution in [0.5, 0.6) is 0 Å². The summed E-state index contributed by atoms with van der Waals surface area (Å²) in [4.78, 5) is 16.6. The fraction of sp³-hybridized carbons (Fsp3) is 0.400. The molecule has 0 radical (unpaired) electrons. The van der Waals surface area contributed by atoms with E-state index in [4.69, 9.17) is 0 Å². The first-order valence-electron chi connectivity index (χ1n) is 6.88. The van der Waals surface area contributed by atoms with Crippen LogP contribution in [-0.2, 0) is 14.6 Å². The van der Waals surface area contributed by atoms with Gasteiger partial charge in [-0.05, 0) is 12.1 Å². The molecule has 7 heteroatoms. The van der Waals surface area contributed by atoms with Gasteiger partial charge in [-0.25, -0.2) is 18.1 Å². The van der Waals surface area contributed by atoms with Crippen LogP contribution in [0.3, 0.4) is 0 Å². The lowest BCUT2D eigenvalue weighted by molar-refractivity contribution is -0.129. The molecule has 1 unspecified atom stereocenters. The Morgan fingerprint density at radius 1 is 1.23 bits per heavy atom. The molecule has 1 atom stereocenters. The number of hydrogen-bond donors (Lipinski definition) is 0. The normalized spacial score (nSPS) is 13.8. The molecule has 0 saturated heterocycles. The largest absolute Gasteiger partial charge is 0.297 e. The second-order valence-corrected chi connectivity index (χ2v) is 8.13. The van der Waals surface area contributed by atoms with Crippen molar-refractivity contribution in [1.82, 2.24) is 14.8 Å². The van der Waals surface area contributed by atoms with Crippen LogP contribution in [0.15, 0.2) is 47.9 Å². The van der Waals surface area contributed by atoms with E-state index in [-0.39, 0.29) is 16.4 Å². The quantitative estimate of drug-likeness (QED) is 0.840. The maximum atomic E-state index is 12.6. The number of nitrogens with zero attached hydrogens (tertiary/aromatic N) is 3. The standard InChI is InChI=1S/C15H19N3O3S/c1-15(2,3)14(19)13(18-11-16-10-17-18)9-22(20,21)12-7-5-4-6-8-12/h4-8,10-11,13H,9H2,1-3H3. The zero-order valence-corrected chi connectivity index (χ0v) is 13.6. The van der Waals surface area contributed by atoms with Crippen molar-refractivity contribution in [2.45, 2.75) is 31.7 Å². The SMILES string of the molecule is CC(C)(C)C(=O)C(CS(=O)(=O)c1ccccc1)n1cncn1. The Labute approximate surface area is 130 Å². The van der Waals surface area contributed by atoms with Gasteiger partial charge in [-0.3, -0.25) is 4.79 Å². The molecular formula is C15H19N3O3S. The highest BCUT2D eigenvalue weighted by atomic mass is 32.2. The van der Waals surface area contributed by atoms with Crippen LogP contribution in [0.4, 0.5) is 0 Å². The van der Waals surface area contributed by atoms with Crippen molar-refractivity contribution in [3.05, 3.63) is 43.0 Å². The van der Waals surface area contributed by atoms with Gasteiger partial charge in [-0.15, -0.1) is 0 Å². The molecule has 2 rings (SSSR count). The maximum absolute atomic E-state index is 12.6. The third-order valence-electron chi connectivity index (χ3n) is 3.28. The highest BCUT2D eigenvalue weighted by Gasteiger charge is 2.35. The Balaban J connectivity index is 2.38. The van der Waals surface area contributed by atoms with Crippen molar-refractivity contribution in [2.75, 3.05) is 5.75 Å². The molecular weight excluding hydrogens is 302 g/mol. The summed E-state index contributed by atoms with van der Waals surface area (Å²) in [5, 5.41) is 3.95. The van der Waals surface area contributed by atoms with Crippen molar-refractivity contribution in [3.63, 3.8) is 0 Å². The van der Waals surface area contributed by atoms with E-state index in [1.807, 2.05) is 0 Å². The topological polar surface area (TPSA) is 81.9 Å². The Hall–Kier alpha value is -2.02. The van der Waals surface area contributed by atoms with Crippen molar-refractivity contribution in [1.29, 1.82) is 0 Å². The molecule has 118 valence electrons. The molecule has 0 aliphatic heterocycles. The van der Waals surface area contributed by atoms with Crippen LogP contribution in [0.25, 0.3) is 0 Å². The third kappa shape index (κ3) is 3.59. The number of sulfone groups is 1. The highest BCUT2D eigenvalue weighted by Crippen LogP contribution is 2.26. The van der Waals surface area contributed by atoms with Crippen molar-refractivity contribution in [3.8, 4) is 0 Å². The van der Waals surface area contributed by atoms with Crippen molar-refractivity contribution < 1.29 is 13.2 Å². The fourth-order valence-corrected chi connectivity index (χ4v) is 3.57. The Morgan fingerprint density at radius 2 is 1.86 bits per heavy atom. The highest BCUT2D eigenvalue weighted by molar-refractivity contribution is 7.91. The van der Waals surface area contributed by atoms with Crippen LogP contribution < -0.4 is 0 Å². The Kier molecular flexibility index (Phi) is 4.46. The number of rotatable bonds is 5. The van der Waals surface area contributed by atoms with Gasteiger partial charge in [0.25, 0.3) is 0 Å². The number of aromatic nitrogens is 3. The van der Waals surface area contributed by atoms with Crippen LogP contribution in [0.1, 0.15) is 26.8 Å². The molecule has 1 heterocycles. The van der Waals surface area contributed by atoms with E-state index >= 15 is 0 Å². The molecule has 1 aromatic heterocycles. The summed E-state index contributed by atoms with van der Waals surface area (Å²) >= 11 is 0. The number of carbonyl (C=O) groups is 1. The Bertz CT molecular complexity index is 732. The molecule has 1 aromatic carbocycles. The van der Waals surface area contributed by atoms with Gasteiger partial charge in [0.15, 0.2) is 15.6 Å². The molecule has 0 amide bonds. The summed E-state index contributed by atoms with van der Waals surface area (Å²) in [5.74, 6) is -0.534. The average Bonchev–Trinajstić information content (AvgIpc) is 2.98. The van der Waals surface area contributed by atoms with Crippen molar-refractivity contribution in [2.24, 2.45) is 5.41 Å². The lowest BCUT2D eigenvalue weighted by Crippen LogP contribution is -2.35. The number of hydrogen-bond acceptors (Lipinski definition) is 5. The maximum Gasteiger partial charge on any atom is 0.180 e. The van der Waals surface area contributed by atoms with E-state index in [2.05, 4.69) is 10.1 Å². The monoisotopic (exact) mass is 321 g/mol. The summed E-state index contributed by atoms with van der Waals surface area (Å²) in [7, 11) is -3.60. The predicted molar refractivity (Wildman–Crippen MR) is 82.0 cm³/mol. The number of carbonyl (C=O) groups excluding carboxylic acids is 1. The third-order valence-corrected chi connectivity index (χ3v) is 5.02. The van der Waals surface area contributed by atoms with Gasteiger partial charge in [0, 0.05) is 5.41 Å². The fourth-order valence-electron chi connectivity index (χ4n) is 2.08. The van der Waals surface area contributed by atoms with Crippen LogP contribution >= 0.6 is 0 Å². The average molecular weight is 321 g/mol. The summed E-state index contributed by atoms with van der Waals surface area (Å²) < 4.78 is 26.4. The lowest BCUT2D eigenvalue weighted by Gasteiger charge is -2.24. The van der Waals surface area contributed by atoms with Gasteiger partial charge in [-0.1, -0.05) is 39.0 Å². The smallest absolute Gasteiger partial charge is 0.180 e. The van der Waals surface area contributed by atoms with Crippen molar-refractivity contribution >= 4 is 15.6 Å². The van der Waals surface area contributed by atoms with Crippen LogP contribution in [0.2, 0.25) is 0 Å². The molecule has 0 aliphatic carbocycles. The summed E-state index contributed by atoms with van der Waals surface area (Å²) in [6.07, 6.45) is 2.66. The van der Waals surface area contributed by atoms with Gasteiger partial charge in [0.2, 0.25) is 0 Å². The van der Waals surface area contributed by atoms with Crippen LogP contribution in [0, 0.1) is 5.41 Å². The van der Waals surface area contributed by atoms with E-state index in [1.165, 1.54) is 29.5 Å². The van der Waals surface area contributed by atoms with Gasteiger partial charge < -0.3 is 0 Å². The van der Waals surface area contributed by atoms with E-state index < -0.39 is 21.3 Å². The molecule has 0 saturated carbocycles. The van der Waals surface area contributed by atoms with E-state index in [0.717, 1.165) is 0 Å². The molecule has 0 fully saturated rings. The van der Waals surface area contributed by atoms with Gasteiger partial charge in [-0.2, -0.15) is 5.10 Å². The summed E-state index contributed by atoms with van der Waals surface area (Å²) in [6, 6.07) is 7.21. The number of Topliss-reactive ketones (excluding diaryl/α,β-unsaturated/α-hetero) is 1. The lowest BCUT2D eigenvalue weighted by atomic mass is 9.87. The molecule has 0 bridgehead atoms. The molecule has 22 heavy (non-hydrogen) atoms. The first-order chi connectivity index (χ1) is 10.2. The molecule has 0 N–H and O–H groups in total. The van der Waals surface area contributed by atoms with Crippen LogP contribution in [-0.4, -0.2) is 34.7 Å². The van der Waals surface area contributed by atoms with Gasteiger partial charge in [0.1, 0.15) is 18.7 Å². The zero-order chi connectivity index (χ0) is 16.4. The number of benzene rings is 1. The van der Waals surface area contributed by atoms with E-state index in [9.17, 15) is 13.2 Å². The van der Waals surface area contributed by atoms with E-state index in [0.29, 0.717) is 0 Å². The number of ketones is 1. The summed E-state index contributed by atoms with van der Waals surface area (Å²) in [6.45, 7) is 5.27.